The van der Waals surface area contributed by atoms with E-state index >= 15 is 0 Å². The van der Waals surface area contributed by atoms with Crippen molar-refractivity contribution in [1.29, 1.82) is 0 Å². The number of likely N-dealkylation sites (N-methyl/N-ethyl adjacent to an activating group) is 1. The molecule has 0 radical (unpaired) electrons. The average Bonchev–Trinajstić information content (AvgIpc) is 2.65. The van der Waals surface area contributed by atoms with Crippen LogP contribution in [0.3, 0.4) is 0 Å². The lowest BCUT2D eigenvalue weighted by Crippen LogP contribution is -2.56. The van der Waals surface area contributed by atoms with E-state index in [1.54, 1.807) is 0 Å². The Balaban J connectivity index is 1.96. The highest BCUT2D eigenvalue weighted by Crippen LogP contribution is 2.37. The first-order valence-corrected chi connectivity index (χ1v) is 9.57. The Kier molecular flexibility index (Phi) is 5.57. The van der Waals surface area contributed by atoms with Gasteiger partial charge in [0.2, 0.25) is 6.29 Å². The lowest BCUT2D eigenvalue weighted by Gasteiger charge is -2.46. The SMILES string of the molecule is CC(C1C(c2ccc3c(c2)CCCC3)CCCN1C(=O)C=O)N(C)C. The maximum absolute atomic E-state index is 12.3. The van der Waals surface area contributed by atoms with E-state index in [-0.39, 0.29) is 18.0 Å². The molecule has 0 spiro atoms. The minimum absolute atomic E-state index is 0.0445. The van der Waals surface area contributed by atoms with E-state index in [9.17, 15) is 9.59 Å². The molecule has 0 bridgehead atoms. The summed E-state index contributed by atoms with van der Waals surface area (Å²) in [5.41, 5.74) is 4.31. The standard InChI is InChI=1S/C21H30N2O2/c1-15(22(2)3)21-19(9-6-12-23(21)20(25)14-24)18-11-10-16-7-4-5-8-17(16)13-18/h10-11,13-15,19,21H,4-9,12H2,1-3H3. The molecular weight excluding hydrogens is 312 g/mol. The first-order chi connectivity index (χ1) is 12.0. The molecule has 2 aliphatic rings. The molecule has 0 saturated carbocycles. The van der Waals surface area contributed by atoms with Crippen LogP contribution in [0, 0.1) is 0 Å². The quantitative estimate of drug-likeness (QED) is 0.624. The lowest BCUT2D eigenvalue weighted by atomic mass is 9.78. The third kappa shape index (κ3) is 3.64. The van der Waals surface area contributed by atoms with Crippen LogP contribution >= 0.6 is 0 Å². The molecule has 136 valence electrons. The summed E-state index contributed by atoms with van der Waals surface area (Å²) in [4.78, 5) is 27.4. The summed E-state index contributed by atoms with van der Waals surface area (Å²) in [6.07, 6.45) is 7.42. The molecule has 1 aromatic carbocycles. The first-order valence-electron chi connectivity index (χ1n) is 9.57. The minimum atomic E-state index is -0.374. The second-order valence-corrected chi connectivity index (χ2v) is 7.83. The van der Waals surface area contributed by atoms with Gasteiger partial charge in [0.15, 0.2) is 0 Å². The van der Waals surface area contributed by atoms with Crippen LogP contribution < -0.4 is 0 Å². The van der Waals surface area contributed by atoms with Crippen LogP contribution in [0.15, 0.2) is 18.2 Å². The monoisotopic (exact) mass is 342 g/mol. The molecule has 1 heterocycles. The topological polar surface area (TPSA) is 40.6 Å². The highest BCUT2D eigenvalue weighted by molar-refractivity contribution is 6.23. The number of hydrogen-bond acceptors (Lipinski definition) is 3. The zero-order valence-corrected chi connectivity index (χ0v) is 15.7. The molecule has 0 aromatic heterocycles. The highest BCUT2D eigenvalue weighted by atomic mass is 16.2. The van der Waals surface area contributed by atoms with E-state index < -0.39 is 0 Å². The van der Waals surface area contributed by atoms with Gasteiger partial charge in [-0.2, -0.15) is 0 Å². The third-order valence-electron chi connectivity index (χ3n) is 6.18. The number of aryl methyl sites for hydroxylation is 2. The van der Waals surface area contributed by atoms with Gasteiger partial charge in [-0.1, -0.05) is 18.2 Å². The van der Waals surface area contributed by atoms with E-state index in [0.717, 1.165) is 12.8 Å². The van der Waals surface area contributed by atoms with Gasteiger partial charge in [-0.3, -0.25) is 9.59 Å². The van der Waals surface area contributed by atoms with Gasteiger partial charge in [0, 0.05) is 18.5 Å². The van der Waals surface area contributed by atoms with Gasteiger partial charge in [0.1, 0.15) is 0 Å². The first kappa shape index (κ1) is 18.1. The third-order valence-corrected chi connectivity index (χ3v) is 6.18. The molecule has 1 aromatic rings. The van der Waals surface area contributed by atoms with Gasteiger partial charge in [0.25, 0.3) is 5.91 Å². The smallest absolute Gasteiger partial charge is 0.287 e. The lowest BCUT2D eigenvalue weighted by molar-refractivity contribution is -0.143. The molecule has 25 heavy (non-hydrogen) atoms. The number of carbonyl (C=O) groups is 2. The van der Waals surface area contributed by atoms with Crippen LogP contribution in [0.1, 0.15) is 55.2 Å². The van der Waals surface area contributed by atoms with E-state index in [1.807, 2.05) is 19.0 Å². The molecule has 1 saturated heterocycles. The molecular formula is C21H30N2O2. The van der Waals surface area contributed by atoms with Gasteiger partial charge in [-0.05, 0) is 76.2 Å². The summed E-state index contributed by atoms with van der Waals surface area (Å²) in [5, 5.41) is 0. The van der Waals surface area contributed by atoms with Gasteiger partial charge < -0.3 is 9.80 Å². The Hall–Kier alpha value is -1.68. The van der Waals surface area contributed by atoms with Crippen LogP contribution in [0.25, 0.3) is 0 Å². The Bertz CT molecular complexity index is 641. The number of hydrogen-bond donors (Lipinski definition) is 0. The van der Waals surface area contributed by atoms with E-state index in [4.69, 9.17) is 0 Å². The number of rotatable bonds is 4. The van der Waals surface area contributed by atoms with Crippen molar-refractivity contribution in [2.24, 2.45) is 0 Å². The van der Waals surface area contributed by atoms with Crippen LogP contribution in [-0.4, -0.2) is 54.7 Å². The van der Waals surface area contributed by atoms with Crippen molar-refractivity contribution >= 4 is 12.2 Å². The van der Waals surface area contributed by atoms with Crippen molar-refractivity contribution in [3.63, 3.8) is 0 Å². The van der Waals surface area contributed by atoms with E-state index in [0.29, 0.717) is 18.7 Å². The molecule has 0 N–H and O–H groups in total. The van der Waals surface area contributed by atoms with Gasteiger partial charge in [-0.15, -0.1) is 0 Å². The summed E-state index contributed by atoms with van der Waals surface area (Å²) in [7, 11) is 4.10. The number of nitrogens with zero attached hydrogens (tertiary/aromatic N) is 2. The number of likely N-dealkylation sites (tertiary alicyclic amines) is 1. The zero-order valence-electron chi connectivity index (χ0n) is 15.7. The van der Waals surface area contributed by atoms with Crippen molar-refractivity contribution in [3.05, 3.63) is 34.9 Å². The average molecular weight is 342 g/mol. The summed E-state index contributed by atoms with van der Waals surface area (Å²) >= 11 is 0. The predicted molar refractivity (Wildman–Crippen MR) is 99.8 cm³/mol. The highest BCUT2D eigenvalue weighted by Gasteiger charge is 2.39. The number of carbonyl (C=O) groups excluding carboxylic acids is 2. The number of amides is 1. The molecule has 1 amide bonds. The summed E-state index contributed by atoms with van der Waals surface area (Å²) in [6.45, 7) is 2.84. The fraction of sp³-hybridized carbons (Fsp3) is 0.619. The largest absolute Gasteiger partial charge is 0.331 e. The fourth-order valence-electron chi connectivity index (χ4n) is 4.59. The van der Waals surface area contributed by atoms with Crippen molar-refractivity contribution < 1.29 is 9.59 Å². The van der Waals surface area contributed by atoms with Crippen LogP contribution in [0.4, 0.5) is 0 Å². The van der Waals surface area contributed by atoms with Crippen LogP contribution in [-0.2, 0) is 22.4 Å². The molecule has 1 fully saturated rings. The van der Waals surface area contributed by atoms with Gasteiger partial charge in [-0.25, -0.2) is 0 Å². The van der Waals surface area contributed by atoms with Gasteiger partial charge >= 0.3 is 0 Å². The fourth-order valence-corrected chi connectivity index (χ4v) is 4.59. The minimum Gasteiger partial charge on any atom is -0.331 e. The normalized spacial score (nSPS) is 24.7. The summed E-state index contributed by atoms with van der Waals surface area (Å²) in [5.74, 6) is -0.0800. The second-order valence-electron chi connectivity index (χ2n) is 7.83. The second kappa shape index (κ2) is 7.69. The maximum Gasteiger partial charge on any atom is 0.287 e. The number of fused-ring (bicyclic) bond motifs is 1. The number of benzene rings is 1. The maximum atomic E-state index is 12.3. The van der Waals surface area contributed by atoms with Crippen molar-refractivity contribution in [3.8, 4) is 0 Å². The summed E-state index contributed by atoms with van der Waals surface area (Å²) in [6, 6.07) is 7.18. The molecule has 1 aliphatic carbocycles. The molecule has 3 atom stereocenters. The number of aldehydes is 1. The number of piperidine rings is 1. The van der Waals surface area contributed by atoms with Crippen molar-refractivity contribution in [2.75, 3.05) is 20.6 Å². The molecule has 3 rings (SSSR count). The van der Waals surface area contributed by atoms with E-state index in [1.165, 1.54) is 42.4 Å². The van der Waals surface area contributed by atoms with Gasteiger partial charge in [0.05, 0.1) is 6.04 Å². The molecule has 1 aliphatic heterocycles. The molecule has 3 unspecified atom stereocenters. The van der Waals surface area contributed by atoms with Crippen molar-refractivity contribution in [2.45, 2.75) is 63.5 Å². The van der Waals surface area contributed by atoms with E-state index in [2.05, 4.69) is 30.0 Å². The molecule has 4 heteroatoms. The van der Waals surface area contributed by atoms with Crippen molar-refractivity contribution in [1.82, 2.24) is 9.80 Å². The zero-order chi connectivity index (χ0) is 18.0. The molecule has 4 nitrogen and oxygen atoms in total. The predicted octanol–water partition coefficient (Wildman–Crippen LogP) is 2.79. The van der Waals surface area contributed by atoms with Crippen LogP contribution in [0.2, 0.25) is 0 Å². The Labute approximate surface area is 151 Å². The Morgan fingerprint density at radius 3 is 2.60 bits per heavy atom. The van der Waals surface area contributed by atoms with Crippen LogP contribution in [0.5, 0.6) is 0 Å². The Morgan fingerprint density at radius 2 is 1.92 bits per heavy atom. The summed E-state index contributed by atoms with van der Waals surface area (Å²) < 4.78 is 0. The Morgan fingerprint density at radius 1 is 1.20 bits per heavy atom.